The van der Waals surface area contributed by atoms with Gasteiger partial charge >= 0.3 is 19.8 Å². The molecule has 0 saturated carbocycles. The summed E-state index contributed by atoms with van der Waals surface area (Å²) in [5.41, 5.74) is 0. The van der Waals surface area contributed by atoms with Gasteiger partial charge in [0.1, 0.15) is 6.61 Å². The average Bonchev–Trinajstić information content (AvgIpc) is 3.04. The van der Waals surface area contributed by atoms with Crippen LogP contribution in [-0.2, 0) is 28.2 Å². The molecular weight excluding hydrogens is 631 g/mol. The second kappa shape index (κ2) is 33.5. The van der Waals surface area contributed by atoms with Crippen LogP contribution in [0.25, 0.3) is 0 Å². The second-order valence-corrected chi connectivity index (χ2v) is 13.6. The van der Waals surface area contributed by atoms with Gasteiger partial charge < -0.3 is 24.4 Å². The molecule has 0 rings (SSSR count). The molecule has 0 saturated heterocycles. The summed E-state index contributed by atoms with van der Waals surface area (Å²) in [5.74, 6) is -0.972. The second-order valence-electron chi connectivity index (χ2n) is 12.4. The number of carbonyl (C=O) groups is 2. The minimum absolute atomic E-state index is 0.176. The first-order valence-corrected chi connectivity index (χ1v) is 20.0. The summed E-state index contributed by atoms with van der Waals surface area (Å²) in [6.45, 7) is 3.41. The molecule has 9 nitrogen and oxygen atoms in total. The highest BCUT2D eigenvalue weighted by Gasteiger charge is 2.22. The molecule has 0 amide bonds. The van der Waals surface area contributed by atoms with Gasteiger partial charge in [-0.2, -0.15) is 0 Å². The molecule has 278 valence electrons. The Bertz CT molecular complexity index is 938. The summed E-state index contributed by atoms with van der Waals surface area (Å²) in [6.07, 6.45) is 36.1. The van der Waals surface area contributed by atoms with Gasteiger partial charge in [-0.25, -0.2) is 4.57 Å². The Morgan fingerprint density at radius 3 is 1.67 bits per heavy atom. The lowest BCUT2D eigenvalue weighted by Gasteiger charge is -2.18. The normalized spacial score (nSPS) is 13.7. The number of carbonyl (C=O) groups excluding carboxylic acids is 2. The van der Waals surface area contributed by atoms with Gasteiger partial charge in [-0.1, -0.05) is 140 Å². The predicted molar refractivity (Wildman–Crippen MR) is 194 cm³/mol. The van der Waals surface area contributed by atoms with E-state index in [1.54, 1.807) is 0 Å². The van der Waals surface area contributed by atoms with Gasteiger partial charge in [0.25, 0.3) is 0 Å². The number of phosphoric acid groups is 1. The van der Waals surface area contributed by atoms with Crippen LogP contribution in [0.1, 0.15) is 155 Å². The number of aliphatic hydroxyl groups is 1. The number of hydrogen-bond donors (Lipinski definition) is 3. The Kier molecular flexibility index (Phi) is 32.1. The summed E-state index contributed by atoms with van der Waals surface area (Å²) in [6, 6.07) is 0. The zero-order chi connectivity index (χ0) is 35.6. The van der Waals surface area contributed by atoms with Crippen molar-refractivity contribution in [2.75, 3.05) is 13.2 Å². The number of phosphoric ester groups is 1. The molecule has 2 atom stereocenters. The minimum Gasteiger partial charge on any atom is -0.462 e. The number of allylic oxidation sites excluding steroid dienone is 7. The van der Waals surface area contributed by atoms with Crippen LogP contribution in [-0.4, -0.2) is 52.3 Å². The zero-order valence-electron chi connectivity index (χ0n) is 30.0. The Morgan fingerprint density at radius 1 is 0.625 bits per heavy atom. The molecule has 1 unspecified atom stereocenters. The van der Waals surface area contributed by atoms with Crippen molar-refractivity contribution >= 4 is 19.8 Å². The zero-order valence-corrected chi connectivity index (χ0v) is 30.9. The van der Waals surface area contributed by atoms with Crippen LogP contribution < -0.4 is 0 Å². The molecule has 48 heavy (non-hydrogen) atoms. The third-order valence-corrected chi connectivity index (χ3v) is 8.14. The van der Waals surface area contributed by atoms with E-state index in [-0.39, 0.29) is 25.6 Å². The first-order chi connectivity index (χ1) is 23.2. The molecule has 0 fully saturated rings. The third kappa shape index (κ3) is 35.3. The standard InChI is InChI=1S/C38H67O9P/c1-3-5-6-7-8-9-10-15-19-22-25-28-32-38(41)47-36(34-46-48(42,43)44)33-45-37(40)31-27-24-21-18-16-13-11-12-14-17-20-23-26-30-35(39)29-4-2/h11,13-14,17-18,21,23,26,35-36,39H,3-10,12,15-16,19-20,22,24-25,27-34H2,1-2H3,(H2,42,43,44)/b13-11-,17-14-,21-18-,26-23-/t35?,36-/m1/s1. The molecule has 10 heteroatoms. The predicted octanol–water partition coefficient (Wildman–Crippen LogP) is 9.76. The fraction of sp³-hybridized carbons (Fsp3) is 0.737. The quantitative estimate of drug-likeness (QED) is 0.0264. The summed E-state index contributed by atoms with van der Waals surface area (Å²) in [5, 5.41) is 9.69. The highest BCUT2D eigenvalue weighted by atomic mass is 31.2. The van der Waals surface area contributed by atoms with Gasteiger partial charge in [-0.05, 0) is 51.4 Å². The fourth-order valence-electron chi connectivity index (χ4n) is 4.91. The first kappa shape index (κ1) is 46.0. The van der Waals surface area contributed by atoms with Gasteiger partial charge in [-0.15, -0.1) is 0 Å². The van der Waals surface area contributed by atoms with Crippen molar-refractivity contribution in [2.24, 2.45) is 0 Å². The van der Waals surface area contributed by atoms with Gasteiger partial charge in [0.05, 0.1) is 12.7 Å². The molecule has 3 N–H and O–H groups in total. The molecule has 0 aliphatic rings. The van der Waals surface area contributed by atoms with Crippen LogP contribution in [0.5, 0.6) is 0 Å². The van der Waals surface area contributed by atoms with Crippen LogP contribution in [0.2, 0.25) is 0 Å². The highest BCUT2D eigenvalue weighted by molar-refractivity contribution is 7.46. The van der Waals surface area contributed by atoms with Crippen molar-refractivity contribution < 1.29 is 43.0 Å². The lowest BCUT2D eigenvalue weighted by Crippen LogP contribution is -2.29. The monoisotopic (exact) mass is 698 g/mol. The van der Waals surface area contributed by atoms with Gasteiger partial charge in [-0.3, -0.25) is 14.1 Å². The number of hydrogen-bond acceptors (Lipinski definition) is 7. The number of rotatable bonds is 33. The maximum Gasteiger partial charge on any atom is 0.469 e. The third-order valence-electron chi connectivity index (χ3n) is 7.66. The van der Waals surface area contributed by atoms with Crippen LogP contribution >= 0.6 is 7.82 Å². The average molecular weight is 699 g/mol. The molecule has 0 bridgehead atoms. The largest absolute Gasteiger partial charge is 0.469 e. The summed E-state index contributed by atoms with van der Waals surface area (Å²) >= 11 is 0. The van der Waals surface area contributed by atoms with Gasteiger partial charge in [0.2, 0.25) is 0 Å². The Labute approximate surface area is 291 Å². The Hall–Kier alpha value is -2.03. The number of unbranched alkanes of at least 4 members (excludes halogenated alkanes) is 12. The topological polar surface area (TPSA) is 140 Å². The highest BCUT2D eigenvalue weighted by Crippen LogP contribution is 2.36. The van der Waals surface area contributed by atoms with Crippen LogP contribution in [0.15, 0.2) is 48.6 Å². The summed E-state index contributed by atoms with van der Waals surface area (Å²) < 4.78 is 26.2. The molecule has 0 spiro atoms. The van der Waals surface area contributed by atoms with Crippen molar-refractivity contribution in [2.45, 2.75) is 167 Å². The number of ether oxygens (including phenoxy) is 2. The molecular formula is C38H67O9P. The van der Waals surface area contributed by atoms with E-state index in [9.17, 15) is 19.3 Å². The molecule has 0 aromatic heterocycles. The van der Waals surface area contributed by atoms with E-state index >= 15 is 0 Å². The first-order valence-electron chi connectivity index (χ1n) is 18.5. The van der Waals surface area contributed by atoms with Gasteiger partial charge in [0, 0.05) is 12.8 Å². The van der Waals surface area contributed by atoms with Crippen molar-refractivity contribution in [3.63, 3.8) is 0 Å². The molecule has 0 aliphatic heterocycles. The van der Waals surface area contributed by atoms with E-state index in [4.69, 9.17) is 19.3 Å². The van der Waals surface area contributed by atoms with E-state index in [1.165, 1.54) is 51.4 Å². The Morgan fingerprint density at radius 2 is 1.12 bits per heavy atom. The molecule has 0 aromatic carbocycles. The summed E-state index contributed by atoms with van der Waals surface area (Å²) in [7, 11) is -4.77. The number of aliphatic hydroxyl groups excluding tert-OH is 1. The molecule has 0 aromatic rings. The molecule has 0 aliphatic carbocycles. The van der Waals surface area contributed by atoms with Gasteiger partial charge in [0.15, 0.2) is 6.10 Å². The lowest BCUT2D eigenvalue weighted by atomic mass is 10.0. The molecule has 0 heterocycles. The van der Waals surface area contributed by atoms with Crippen LogP contribution in [0.3, 0.4) is 0 Å². The maximum absolute atomic E-state index is 12.3. The van der Waals surface area contributed by atoms with E-state index in [0.29, 0.717) is 25.7 Å². The van der Waals surface area contributed by atoms with Crippen molar-refractivity contribution in [1.29, 1.82) is 0 Å². The van der Waals surface area contributed by atoms with E-state index in [0.717, 1.165) is 51.4 Å². The lowest BCUT2D eigenvalue weighted by molar-refractivity contribution is -0.161. The van der Waals surface area contributed by atoms with Crippen molar-refractivity contribution in [3.8, 4) is 0 Å². The maximum atomic E-state index is 12.3. The van der Waals surface area contributed by atoms with Crippen molar-refractivity contribution in [1.82, 2.24) is 0 Å². The van der Waals surface area contributed by atoms with Crippen LogP contribution in [0.4, 0.5) is 0 Å². The molecule has 0 radical (unpaired) electrons. The SMILES string of the molecule is CCCCCCCCCCCCCCC(=O)O[C@H](COC(=O)CCC/C=C\C/C=C\C/C=C\C/C=C\CC(O)CCC)COP(=O)(O)O. The minimum atomic E-state index is -4.77. The van der Waals surface area contributed by atoms with Crippen LogP contribution in [0, 0.1) is 0 Å². The summed E-state index contributed by atoms with van der Waals surface area (Å²) in [4.78, 5) is 42.6. The van der Waals surface area contributed by atoms with E-state index in [1.807, 2.05) is 18.2 Å². The van der Waals surface area contributed by atoms with E-state index < -0.39 is 32.5 Å². The smallest absolute Gasteiger partial charge is 0.462 e. The van der Waals surface area contributed by atoms with E-state index in [2.05, 4.69) is 48.8 Å². The fourth-order valence-corrected chi connectivity index (χ4v) is 5.27. The Balaban J connectivity index is 4.10. The number of esters is 2. The van der Waals surface area contributed by atoms with Crippen molar-refractivity contribution in [3.05, 3.63) is 48.6 Å².